The second-order valence-corrected chi connectivity index (χ2v) is 3.73. The average Bonchev–Trinajstić information content (AvgIpc) is 2.25. The van der Waals surface area contributed by atoms with Crippen LogP contribution in [0.5, 0.6) is 11.5 Å². The van der Waals surface area contributed by atoms with Crippen molar-refractivity contribution in [2.45, 2.75) is 13.8 Å². The molecule has 0 aliphatic heterocycles. The Balaban J connectivity index is 0.00000128. The summed E-state index contributed by atoms with van der Waals surface area (Å²) in [5, 5.41) is 0. The van der Waals surface area contributed by atoms with E-state index in [0.29, 0.717) is 0 Å². The van der Waals surface area contributed by atoms with Crippen molar-refractivity contribution in [1.29, 1.82) is 0 Å². The molecule has 0 radical (unpaired) electrons. The van der Waals surface area contributed by atoms with Gasteiger partial charge in [0.15, 0.2) is 0 Å². The van der Waals surface area contributed by atoms with Crippen LogP contribution in [-0.4, -0.2) is 0 Å². The molecule has 0 amide bonds. The summed E-state index contributed by atoms with van der Waals surface area (Å²) in [7, 11) is 0. The first-order chi connectivity index (χ1) is 7.24. The van der Waals surface area contributed by atoms with Crippen LogP contribution in [0.25, 0.3) is 0 Å². The Bertz CT molecular complexity index is 388. The van der Waals surface area contributed by atoms with Gasteiger partial charge in [-0.1, -0.05) is 35.4 Å². The van der Waals surface area contributed by atoms with E-state index in [2.05, 4.69) is 13.8 Å². The molecule has 0 aromatic heterocycles. The first-order valence-electron chi connectivity index (χ1n) is 5.05. The Morgan fingerprint density at radius 3 is 1.25 bits per heavy atom. The molecule has 1 unspecified atom stereocenters. The largest absolute Gasteiger partial charge is 0.457 e. The summed E-state index contributed by atoms with van der Waals surface area (Å²) in [5.74, 6) is 1.76. The molecule has 2 heteroatoms. The van der Waals surface area contributed by atoms with E-state index in [1.807, 2.05) is 48.5 Å². The Morgan fingerprint density at radius 1 is 0.625 bits per heavy atom. The lowest BCUT2D eigenvalue weighted by Gasteiger charge is -2.05. The normalized spacial score (nSPS) is 9.38. The molecule has 2 aromatic carbocycles. The van der Waals surface area contributed by atoms with Gasteiger partial charge in [0.25, 0.3) is 0 Å². The molecule has 1 nitrogen and oxygen atoms in total. The summed E-state index contributed by atoms with van der Waals surface area (Å²) >= 11 is 0. The highest BCUT2D eigenvalue weighted by atomic mass is 31.0. The van der Waals surface area contributed by atoms with Crippen molar-refractivity contribution in [3.8, 4) is 11.5 Å². The zero-order valence-corrected chi connectivity index (χ0v) is 11.1. The topological polar surface area (TPSA) is 9.23 Å². The second-order valence-electron chi connectivity index (χ2n) is 3.73. The van der Waals surface area contributed by atoms with Gasteiger partial charge in [-0.15, -0.1) is 0 Å². The third-order valence-electron chi connectivity index (χ3n) is 2.28. The molecule has 0 fully saturated rings. The van der Waals surface area contributed by atoms with Crippen LogP contribution in [0.1, 0.15) is 11.1 Å². The van der Waals surface area contributed by atoms with Crippen LogP contribution in [0.3, 0.4) is 0 Å². The lowest BCUT2D eigenvalue weighted by Crippen LogP contribution is -1.84. The van der Waals surface area contributed by atoms with Gasteiger partial charge in [-0.3, -0.25) is 0 Å². The maximum absolute atomic E-state index is 5.69. The Labute approximate surface area is 100 Å². The predicted octanol–water partition coefficient (Wildman–Crippen LogP) is 4.15. The molecule has 0 saturated carbocycles. The highest BCUT2D eigenvalue weighted by Gasteiger charge is 1.95. The lowest BCUT2D eigenvalue weighted by atomic mass is 10.2. The van der Waals surface area contributed by atoms with E-state index in [9.17, 15) is 0 Å². The monoisotopic (exact) mass is 232 g/mol. The minimum Gasteiger partial charge on any atom is -0.457 e. The fourth-order valence-corrected chi connectivity index (χ4v) is 1.35. The van der Waals surface area contributed by atoms with Crippen LogP contribution in [-0.2, 0) is 0 Å². The number of hydrogen-bond donors (Lipinski definition) is 0. The second kappa shape index (κ2) is 5.67. The van der Waals surface area contributed by atoms with Crippen molar-refractivity contribution < 1.29 is 4.74 Å². The van der Waals surface area contributed by atoms with Gasteiger partial charge in [-0.2, -0.15) is 9.90 Å². The van der Waals surface area contributed by atoms with Crippen LogP contribution in [0.2, 0.25) is 0 Å². The van der Waals surface area contributed by atoms with Gasteiger partial charge in [0, 0.05) is 0 Å². The summed E-state index contributed by atoms with van der Waals surface area (Å²) in [5.41, 5.74) is 2.48. The number of benzene rings is 2. The van der Waals surface area contributed by atoms with E-state index in [4.69, 9.17) is 4.74 Å². The molecule has 2 aromatic rings. The molecular weight excluding hydrogens is 215 g/mol. The van der Waals surface area contributed by atoms with Crippen molar-refractivity contribution in [1.82, 2.24) is 0 Å². The van der Waals surface area contributed by atoms with E-state index in [1.54, 1.807) is 0 Å². The van der Waals surface area contributed by atoms with E-state index in [1.165, 1.54) is 11.1 Å². The molecule has 0 saturated heterocycles. The Kier molecular flexibility index (Phi) is 4.52. The highest BCUT2D eigenvalue weighted by Crippen LogP contribution is 2.21. The number of aryl methyl sites for hydroxylation is 2. The quantitative estimate of drug-likeness (QED) is 0.706. The van der Waals surface area contributed by atoms with Crippen molar-refractivity contribution in [2.24, 2.45) is 0 Å². The molecular formula is C14H17OP. The Hall–Kier alpha value is -1.33. The van der Waals surface area contributed by atoms with Crippen LogP contribution in [0.4, 0.5) is 0 Å². The zero-order chi connectivity index (χ0) is 10.7. The van der Waals surface area contributed by atoms with Gasteiger partial charge in [0.1, 0.15) is 11.5 Å². The number of ether oxygens (including phenoxy) is 1. The summed E-state index contributed by atoms with van der Waals surface area (Å²) < 4.78 is 5.69. The molecule has 16 heavy (non-hydrogen) atoms. The summed E-state index contributed by atoms with van der Waals surface area (Å²) in [6, 6.07) is 16.1. The first kappa shape index (κ1) is 12.7. The van der Waals surface area contributed by atoms with Crippen molar-refractivity contribution >= 4 is 9.90 Å². The first-order valence-corrected chi connectivity index (χ1v) is 5.05. The molecule has 0 aliphatic rings. The van der Waals surface area contributed by atoms with Crippen LogP contribution in [0, 0.1) is 13.8 Å². The molecule has 84 valence electrons. The van der Waals surface area contributed by atoms with Gasteiger partial charge in [-0.25, -0.2) is 0 Å². The predicted molar refractivity (Wildman–Crippen MR) is 73.5 cm³/mol. The van der Waals surface area contributed by atoms with Crippen LogP contribution in [0.15, 0.2) is 48.5 Å². The standard InChI is InChI=1S/C14H14O.H3P/c1-11-3-7-13(8-4-11)15-14-9-5-12(2)6-10-14;/h3-10H,1-2H3;1H3. The third kappa shape index (κ3) is 3.36. The summed E-state index contributed by atoms with van der Waals surface area (Å²) in [6.07, 6.45) is 0. The van der Waals surface area contributed by atoms with Gasteiger partial charge in [0.2, 0.25) is 0 Å². The SMILES string of the molecule is Cc1ccc(Oc2ccc(C)cc2)cc1.P. The molecule has 0 aliphatic carbocycles. The van der Waals surface area contributed by atoms with Crippen molar-refractivity contribution in [3.63, 3.8) is 0 Å². The minimum atomic E-state index is 0. The summed E-state index contributed by atoms with van der Waals surface area (Å²) in [4.78, 5) is 0. The van der Waals surface area contributed by atoms with E-state index >= 15 is 0 Å². The molecule has 0 N–H and O–H groups in total. The minimum absolute atomic E-state index is 0. The average molecular weight is 232 g/mol. The fraction of sp³-hybridized carbons (Fsp3) is 0.143. The number of rotatable bonds is 2. The molecule has 0 spiro atoms. The maximum atomic E-state index is 5.69. The van der Waals surface area contributed by atoms with E-state index < -0.39 is 0 Å². The van der Waals surface area contributed by atoms with E-state index in [-0.39, 0.29) is 9.90 Å². The molecule has 0 bridgehead atoms. The lowest BCUT2D eigenvalue weighted by molar-refractivity contribution is 0.482. The van der Waals surface area contributed by atoms with Gasteiger partial charge in [0.05, 0.1) is 0 Å². The Morgan fingerprint density at radius 2 is 0.938 bits per heavy atom. The van der Waals surface area contributed by atoms with Crippen LogP contribution < -0.4 is 4.74 Å². The zero-order valence-electron chi connectivity index (χ0n) is 9.73. The molecule has 0 heterocycles. The molecule has 1 atom stereocenters. The smallest absolute Gasteiger partial charge is 0.127 e. The fourth-order valence-electron chi connectivity index (χ4n) is 1.35. The van der Waals surface area contributed by atoms with Crippen molar-refractivity contribution in [3.05, 3.63) is 59.7 Å². The highest BCUT2D eigenvalue weighted by molar-refractivity contribution is 6.92. The van der Waals surface area contributed by atoms with Gasteiger partial charge in [-0.05, 0) is 38.1 Å². The van der Waals surface area contributed by atoms with E-state index in [0.717, 1.165) is 11.5 Å². The van der Waals surface area contributed by atoms with Gasteiger partial charge < -0.3 is 4.74 Å². The number of hydrogen-bond acceptors (Lipinski definition) is 1. The van der Waals surface area contributed by atoms with Crippen molar-refractivity contribution in [2.75, 3.05) is 0 Å². The van der Waals surface area contributed by atoms with Gasteiger partial charge >= 0.3 is 0 Å². The third-order valence-corrected chi connectivity index (χ3v) is 2.28. The van der Waals surface area contributed by atoms with Crippen LogP contribution >= 0.6 is 9.90 Å². The summed E-state index contributed by atoms with van der Waals surface area (Å²) in [6.45, 7) is 4.13. The molecule has 2 rings (SSSR count). The maximum Gasteiger partial charge on any atom is 0.127 e.